The van der Waals surface area contributed by atoms with Gasteiger partial charge in [-0.2, -0.15) is 5.10 Å². The Morgan fingerprint density at radius 3 is 2.59 bits per heavy atom. The number of halogens is 3. The normalized spacial score (nSPS) is 12.0. The average molecular weight is 406 g/mol. The number of nitrogens with one attached hydrogen (secondary N) is 1. The van der Waals surface area contributed by atoms with E-state index in [1.54, 1.807) is 31.2 Å². The van der Waals surface area contributed by atoms with Gasteiger partial charge < -0.3 is 5.32 Å². The molecule has 1 unspecified atom stereocenters. The molecule has 4 nitrogen and oxygen atoms in total. The number of aryl methyl sites for hydroxylation is 1. The SMILES string of the molecule is Cc1nn(Cc2ccc(F)cc2)c(Cl)c1C(=O)NC(C)c1cccc(Cl)c1. The first-order valence-electron chi connectivity index (χ1n) is 8.39. The molecule has 0 aliphatic carbocycles. The van der Waals surface area contributed by atoms with E-state index >= 15 is 0 Å². The van der Waals surface area contributed by atoms with Crippen LogP contribution in [-0.2, 0) is 6.54 Å². The molecule has 3 aromatic rings. The number of aromatic nitrogens is 2. The van der Waals surface area contributed by atoms with Gasteiger partial charge in [-0.25, -0.2) is 9.07 Å². The van der Waals surface area contributed by atoms with Crippen LogP contribution in [0.2, 0.25) is 10.2 Å². The third-order valence-electron chi connectivity index (χ3n) is 4.23. The second-order valence-electron chi connectivity index (χ2n) is 6.29. The Bertz CT molecular complexity index is 970. The van der Waals surface area contributed by atoms with Crippen LogP contribution in [0.15, 0.2) is 48.5 Å². The van der Waals surface area contributed by atoms with Gasteiger partial charge in [-0.15, -0.1) is 0 Å². The lowest BCUT2D eigenvalue weighted by atomic mass is 10.1. The monoisotopic (exact) mass is 405 g/mol. The van der Waals surface area contributed by atoms with Gasteiger partial charge in [-0.05, 0) is 49.2 Å². The number of amides is 1. The maximum Gasteiger partial charge on any atom is 0.256 e. The summed E-state index contributed by atoms with van der Waals surface area (Å²) in [5.41, 5.74) is 2.58. The van der Waals surface area contributed by atoms with Gasteiger partial charge in [0.25, 0.3) is 5.91 Å². The fourth-order valence-electron chi connectivity index (χ4n) is 2.81. The highest BCUT2D eigenvalue weighted by molar-refractivity contribution is 6.33. The molecule has 27 heavy (non-hydrogen) atoms. The molecule has 1 amide bonds. The zero-order valence-electron chi connectivity index (χ0n) is 14.8. The third kappa shape index (κ3) is 4.49. The minimum Gasteiger partial charge on any atom is -0.345 e. The van der Waals surface area contributed by atoms with Crippen LogP contribution in [0.3, 0.4) is 0 Å². The number of nitrogens with zero attached hydrogens (tertiary/aromatic N) is 2. The van der Waals surface area contributed by atoms with E-state index in [-0.39, 0.29) is 22.9 Å². The van der Waals surface area contributed by atoms with Crippen LogP contribution in [0, 0.1) is 12.7 Å². The smallest absolute Gasteiger partial charge is 0.256 e. The van der Waals surface area contributed by atoms with Crippen molar-refractivity contribution in [2.24, 2.45) is 0 Å². The summed E-state index contributed by atoms with van der Waals surface area (Å²) >= 11 is 12.4. The van der Waals surface area contributed by atoms with Gasteiger partial charge in [-0.3, -0.25) is 4.79 Å². The fourth-order valence-corrected chi connectivity index (χ4v) is 3.33. The predicted molar refractivity (Wildman–Crippen MR) is 105 cm³/mol. The fraction of sp³-hybridized carbons (Fsp3) is 0.200. The molecule has 7 heteroatoms. The molecule has 1 N–H and O–H groups in total. The summed E-state index contributed by atoms with van der Waals surface area (Å²) in [4.78, 5) is 12.7. The van der Waals surface area contributed by atoms with Crippen molar-refractivity contribution in [1.82, 2.24) is 15.1 Å². The molecule has 1 heterocycles. The van der Waals surface area contributed by atoms with Gasteiger partial charge in [0.15, 0.2) is 0 Å². The van der Waals surface area contributed by atoms with Crippen molar-refractivity contribution in [3.05, 3.63) is 86.9 Å². The largest absolute Gasteiger partial charge is 0.345 e. The van der Waals surface area contributed by atoms with Crippen molar-refractivity contribution in [1.29, 1.82) is 0 Å². The lowest BCUT2D eigenvalue weighted by Gasteiger charge is -2.14. The third-order valence-corrected chi connectivity index (χ3v) is 4.85. The van der Waals surface area contributed by atoms with Crippen molar-refractivity contribution < 1.29 is 9.18 Å². The Balaban J connectivity index is 1.79. The number of carbonyl (C=O) groups excluding carboxylic acids is 1. The molecular formula is C20H18Cl2FN3O. The van der Waals surface area contributed by atoms with E-state index in [2.05, 4.69) is 10.4 Å². The second kappa shape index (κ2) is 8.11. The summed E-state index contributed by atoms with van der Waals surface area (Å²) < 4.78 is 14.6. The van der Waals surface area contributed by atoms with Crippen LogP contribution < -0.4 is 5.32 Å². The molecular weight excluding hydrogens is 388 g/mol. The first kappa shape index (κ1) is 19.4. The zero-order chi connectivity index (χ0) is 19.6. The van der Waals surface area contributed by atoms with E-state index in [0.29, 0.717) is 22.8 Å². The first-order valence-corrected chi connectivity index (χ1v) is 9.14. The number of rotatable bonds is 5. The highest BCUT2D eigenvalue weighted by Crippen LogP contribution is 2.23. The van der Waals surface area contributed by atoms with Crippen LogP contribution in [0.1, 0.15) is 40.1 Å². The molecule has 0 spiro atoms. The molecule has 0 aliphatic rings. The van der Waals surface area contributed by atoms with E-state index in [9.17, 15) is 9.18 Å². The van der Waals surface area contributed by atoms with Crippen molar-refractivity contribution in [3.8, 4) is 0 Å². The molecule has 1 atom stereocenters. The number of benzene rings is 2. The molecule has 0 saturated carbocycles. The number of hydrogen-bond acceptors (Lipinski definition) is 2. The van der Waals surface area contributed by atoms with Crippen molar-refractivity contribution in [2.75, 3.05) is 0 Å². The zero-order valence-corrected chi connectivity index (χ0v) is 16.4. The van der Waals surface area contributed by atoms with Crippen LogP contribution in [0.4, 0.5) is 4.39 Å². The van der Waals surface area contributed by atoms with Gasteiger partial charge in [-0.1, -0.05) is 47.5 Å². The number of carbonyl (C=O) groups is 1. The van der Waals surface area contributed by atoms with Crippen molar-refractivity contribution >= 4 is 29.1 Å². The maximum atomic E-state index is 13.1. The second-order valence-corrected chi connectivity index (χ2v) is 7.08. The minimum atomic E-state index is -0.310. The van der Waals surface area contributed by atoms with Crippen molar-refractivity contribution in [2.45, 2.75) is 26.4 Å². The maximum absolute atomic E-state index is 13.1. The molecule has 0 fully saturated rings. The van der Waals surface area contributed by atoms with Gasteiger partial charge in [0.2, 0.25) is 0 Å². The van der Waals surface area contributed by atoms with E-state index in [4.69, 9.17) is 23.2 Å². The van der Waals surface area contributed by atoms with E-state index in [0.717, 1.165) is 11.1 Å². The van der Waals surface area contributed by atoms with Crippen LogP contribution in [0.25, 0.3) is 0 Å². The quantitative estimate of drug-likeness (QED) is 0.635. The summed E-state index contributed by atoms with van der Waals surface area (Å²) in [6, 6.07) is 13.1. The molecule has 0 bridgehead atoms. The standard InChI is InChI=1S/C20H18Cl2FN3O/c1-12(15-4-3-5-16(21)10-15)24-20(27)18-13(2)25-26(19(18)22)11-14-6-8-17(23)9-7-14/h3-10,12H,11H2,1-2H3,(H,24,27). The molecule has 3 rings (SSSR count). The Kier molecular flexibility index (Phi) is 5.82. The Hall–Kier alpha value is -2.37. The minimum absolute atomic E-state index is 0.243. The Morgan fingerprint density at radius 1 is 1.22 bits per heavy atom. The highest BCUT2D eigenvalue weighted by atomic mass is 35.5. The molecule has 0 saturated heterocycles. The first-order chi connectivity index (χ1) is 12.8. The highest BCUT2D eigenvalue weighted by Gasteiger charge is 2.22. The van der Waals surface area contributed by atoms with E-state index in [1.807, 2.05) is 19.1 Å². The average Bonchev–Trinajstić information content (AvgIpc) is 2.90. The summed E-state index contributed by atoms with van der Waals surface area (Å²) in [5, 5.41) is 8.12. The molecule has 0 radical (unpaired) electrons. The number of hydrogen-bond donors (Lipinski definition) is 1. The Morgan fingerprint density at radius 2 is 1.93 bits per heavy atom. The van der Waals surface area contributed by atoms with E-state index < -0.39 is 0 Å². The van der Waals surface area contributed by atoms with Crippen molar-refractivity contribution in [3.63, 3.8) is 0 Å². The molecule has 0 aliphatic heterocycles. The van der Waals surface area contributed by atoms with Crippen LogP contribution >= 0.6 is 23.2 Å². The summed E-state index contributed by atoms with van der Waals surface area (Å²) in [6.07, 6.45) is 0. The van der Waals surface area contributed by atoms with Gasteiger partial charge in [0.05, 0.1) is 23.8 Å². The lowest BCUT2D eigenvalue weighted by Crippen LogP contribution is -2.27. The summed E-state index contributed by atoms with van der Waals surface area (Å²) in [5.74, 6) is -0.619. The van der Waals surface area contributed by atoms with Gasteiger partial charge in [0, 0.05) is 5.02 Å². The molecule has 140 valence electrons. The van der Waals surface area contributed by atoms with Gasteiger partial charge >= 0.3 is 0 Å². The predicted octanol–water partition coefficient (Wildman–Crippen LogP) is 5.18. The summed E-state index contributed by atoms with van der Waals surface area (Å²) in [7, 11) is 0. The molecule has 2 aromatic carbocycles. The van der Waals surface area contributed by atoms with Gasteiger partial charge in [0.1, 0.15) is 11.0 Å². The molecule has 1 aromatic heterocycles. The van der Waals surface area contributed by atoms with Crippen LogP contribution in [-0.4, -0.2) is 15.7 Å². The topological polar surface area (TPSA) is 46.9 Å². The van der Waals surface area contributed by atoms with Crippen LogP contribution in [0.5, 0.6) is 0 Å². The lowest BCUT2D eigenvalue weighted by molar-refractivity contribution is 0.0939. The summed E-state index contributed by atoms with van der Waals surface area (Å²) in [6.45, 7) is 3.94. The van der Waals surface area contributed by atoms with E-state index in [1.165, 1.54) is 16.8 Å². The Labute approximate surface area is 166 Å².